The SMILES string of the molecule is CCCC1CC1[Si](C)(C)Oc1cccc(C(=O)OC)c1CBr. The summed E-state index contributed by atoms with van der Waals surface area (Å²) >= 11 is 3.48. The number of alkyl halides is 1. The molecule has 5 heteroatoms. The zero-order valence-electron chi connectivity index (χ0n) is 13.8. The van der Waals surface area contributed by atoms with Crippen molar-refractivity contribution in [1.29, 1.82) is 0 Å². The van der Waals surface area contributed by atoms with E-state index in [1.54, 1.807) is 6.07 Å². The van der Waals surface area contributed by atoms with Crippen LogP contribution in [0.2, 0.25) is 18.6 Å². The minimum Gasteiger partial charge on any atom is -0.544 e. The standard InChI is InChI=1S/C17H25BrO3Si/c1-5-7-12-10-16(12)22(3,4)21-15-9-6-8-13(14(15)11-18)17(19)20-2/h6,8-9,12,16H,5,7,10-11H2,1-4H3. The number of rotatable bonds is 7. The lowest BCUT2D eigenvalue weighted by Gasteiger charge is -2.26. The molecule has 1 aliphatic rings. The van der Waals surface area contributed by atoms with Crippen LogP contribution in [0.4, 0.5) is 0 Å². The number of methoxy groups -OCH3 is 1. The molecule has 0 radical (unpaired) electrons. The Morgan fingerprint density at radius 2 is 2.14 bits per heavy atom. The Hall–Kier alpha value is -0.813. The van der Waals surface area contributed by atoms with Crippen molar-refractivity contribution in [1.82, 2.24) is 0 Å². The molecule has 1 saturated carbocycles. The molecule has 1 fully saturated rings. The highest BCUT2D eigenvalue weighted by atomic mass is 79.9. The molecule has 2 unspecified atom stereocenters. The summed E-state index contributed by atoms with van der Waals surface area (Å²) in [5.41, 5.74) is 2.21. The minimum absolute atomic E-state index is 0.311. The van der Waals surface area contributed by atoms with Gasteiger partial charge in [0.15, 0.2) is 0 Å². The summed E-state index contributed by atoms with van der Waals surface area (Å²) in [6, 6.07) is 5.63. The van der Waals surface area contributed by atoms with Crippen LogP contribution in [0.5, 0.6) is 5.75 Å². The van der Waals surface area contributed by atoms with Crippen LogP contribution in [0.3, 0.4) is 0 Å². The predicted molar refractivity (Wildman–Crippen MR) is 95.3 cm³/mol. The maximum absolute atomic E-state index is 11.9. The van der Waals surface area contributed by atoms with Crippen LogP contribution in [0.25, 0.3) is 0 Å². The number of carbonyl (C=O) groups is 1. The molecule has 2 atom stereocenters. The van der Waals surface area contributed by atoms with Gasteiger partial charge in [0.1, 0.15) is 5.75 Å². The second-order valence-electron chi connectivity index (χ2n) is 6.50. The Bertz CT molecular complexity index is 545. The molecular formula is C17H25BrO3Si. The van der Waals surface area contributed by atoms with Crippen molar-refractivity contribution in [2.24, 2.45) is 5.92 Å². The van der Waals surface area contributed by atoms with Gasteiger partial charge in [-0.2, -0.15) is 0 Å². The monoisotopic (exact) mass is 384 g/mol. The number of carbonyl (C=O) groups excluding carboxylic acids is 1. The quantitative estimate of drug-likeness (QED) is 0.370. The van der Waals surface area contributed by atoms with E-state index in [1.165, 1.54) is 26.4 Å². The first-order chi connectivity index (χ1) is 10.4. The van der Waals surface area contributed by atoms with Crippen LogP contribution in [-0.4, -0.2) is 21.4 Å². The van der Waals surface area contributed by atoms with E-state index in [-0.39, 0.29) is 5.97 Å². The molecule has 0 spiro atoms. The average Bonchev–Trinajstić information content (AvgIpc) is 3.26. The first-order valence-electron chi connectivity index (χ1n) is 7.89. The highest BCUT2D eigenvalue weighted by molar-refractivity contribution is 9.08. The van der Waals surface area contributed by atoms with Gasteiger partial charge in [-0.05, 0) is 43.1 Å². The normalized spacial score (nSPS) is 20.6. The fraction of sp³-hybridized carbons (Fsp3) is 0.588. The van der Waals surface area contributed by atoms with Gasteiger partial charge in [-0.3, -0.25) is 0 Å². The van der Waals surface area contributed by atoms with E-state index in [9.17, 15) is 4.79 Å². The molecule has 0 saturated heterocycles. The van der Waals surface area contributed by atoms with Crippen molar-refractivity contribution in [3.8, 4) is 5.75 Å². The average molecular weight is 385 g/mol. The van der Waals surface area contributed by atoms with Crippen LogP contribution < -0.4 is 4.43 Å². The topological polar surface area (TPSA) is 35.5 Å². The minimum atomic E-state index is -1.80. The summed E-state index contributed by atoms with van der Waals surface area (Å²) < 4.78 is 11.3. The molecule has 2 rings (SSSR count). The molecule has 1 aliphatic carbocycles. The van der Waals surface area contributed by atoms with E-state index < -0.39 is 8.32 Å². The third-order valence-electron chi connectivity index (χ3n) is 4.52. The summed E-state index contributed by atoms with van der Waals surface area (Å²) in [6.07, 6.45) is 3.85. The van der Waals surface area contributed by atoms with Gasteiger partial charge in [0.25, 0.3) is 0 Å². The Morgan fingerprint density at radius 1 is 1.41 bits per heavy atom. The fourth-order valence-corrected chi connectivity index (χ4v) is 6.91. The van der Waals surface area contributed by atoms with Gasteiger partial charge in [0, 0.05) is 10.9 Å². The van der Waals surface area contributed by atoms with Crippen molar-refractivity contribution in [2.45, 2.75) is 50.2 Å². The van der Waals surface area contributed by atoms with Crippen LogP contribution in [0.1, 0.15) is 42.1 Å². The van der Waals surface area contributed by atoms with Gasteiger partial charge in [0.2, 0.25) is 8.32 Å². The van der Waals surface area contributed by atoms with Crippen LogP contribution in [-0.2, 0) is 10.1 Å². The maximum Gasteiger partial charge on any atom is 0.338 e. The molecular weight excluding hydrogens is 360 g/mol. The molecule has 1 aromatic carbocycles. The zero-order chi connectivity index (χ0) is 16.3. The van der Waals surface area contributed by atoms with Gasteiger partial charge in [-0.25, -0.2) is 4.79 Å². The van der Waals surface area contributed by atoms with Crippen molar-refractivity contribution >= 4 is 30.2 Å². The number of benzene rings is 1. The molecule has 3 nitrogen and oxygen atoms in total. The number of esters is 1. The third kappa shape index (κ3) is 3.74. The third-order valence-corrected chi connectivity index (χ3v) is 8.32. The zero-order valence-corrected chi connectivity index (χ0v) is 16.4. The largest absolute Gasteiger partial charge is 0.544 e. The lowest BCUT2D eigenvalue weighted by molar-refractivity contribution is 0.0599. The van der Waals surface area contributed by atoms with Gasteiger partial charge in [-0.1, -0.05) is 41.8 Å². The van der Waals surface area contributed by atoms with Crippen molar-refractivity contribution in [2.75, 3.05) is 7.11 Å². The molecule has 0 N–H and O–H groups in total. The molecule has 0 heterocycles. The Kier molecular flexibility index (Phi) is 5.72. The van der Waals surface area contributed by atoms with Crippen molar-refractivity contribution in [3.05, 3.63) is 29.3 Å². The second kappa shape index (κ2) is 7.17. The first kappa shape index (κ1) is 17.5. The Labute approximate surface area is 142 Å². The van der Waals surface area contributed by atoms with Crippen LogP contribution >= 0.6 is 15.9 Å². The maximum atomic E-state index is 11.9. The second-order valence-corrected chi connectivity index (χ2v) is 11.2. The number of halogens is 1. The summed E-state index contributed by atoms with van der Waals surface area (Å²) in [6.45, 7) is 6.82. The van der Waals surface area contributed by atoms with E-state index in [0.717, 1.165) is 22.8 Å². The Balaban J connectivity index is 2.20. The number of hydrogen-bond donors (Lipinski definition) is 0. The molecule has 1 aromatic rings. The van der Waals surface area contributed by atoms with Crippen molar-refractivity contribution < 1.29 is 14.0 Å². The van der Waals surface area contributed by atoms with E-state index in [2.05, 4.69) is 35.9 Å². The van der Waals surface area contributed by atoms with Gasteiger partial charge < -0.3 is 9.16 Å². The fourth-order valence-electron chi connectivity index (χ4n) is 3.25. The molecule has 0 bridgehead atoms. The van der Waals surface area contributed by atoms with E-state index in [0.29, 0.717) is 10.9 Å². The summed E-state index contributed by atoms with van der Waals surface area (Å²) in [4.78, 5) is 11.9. The number of ether oxygens (including phenoxy) is 1. The van der Waals surface area contributed by atoms with E-state index in [4.69, 9.17) is 9.16 Å². The summed E-state index contributed by atoms with van der Waals surface area (Å²) in [7, 11) is -0.390. The molecule has 0 aliphatic heterocycles. The van der Waals surface area contributed by atoms with E-state index >= 15 is 0 Å². The van der Waals surface area contributed by atoms with Crippen LogP contribution in [0.15, 0.2) is 18.2 Å². The molecule has 0 aromatic heterocycles. The number of hydrogen-bond acceptors (Lipinski definition) is 3. The first-order valence-corrected chi connectivity index (χ1v) is 12.0. The Morgan fingerprint density at radius 3 is 2.73 bits per heavy atom. The summed E-state index contributed by atoms with van der Waals surface area (Å²) in [5, 5.41) is 0.584. The molecule has 0 amide bonds. The highest BCUT2D eigenvalue weighted by Crippen LogP contribution is 2.54. The van der Waals surface area contributed by atoms with Crippen molar-refractivity contribution in [3.63, 3.8) is 0 Å². The summed E-state index contributed by atoms with van der Waals surface area (Å²) in [5.74, 6) is 1.36. The lowest BCUT2D eigenvalue weighted by Crippen LogP contribution is -2.36. The highest BCUT2D eigenvalue weighted by Gasteiger charge is 2.51. The van der Waals surface area contributed by atoms with Gasteiger partial charge in [-0.15, -0.1) is 0 Å². The molecule has 22 heavy (non-hydrogen) atoms. The predicted octanol–water partition coefficient (Wildman–Crippen LogP) is 5.14. The van der Waals surface area contributed by atoms with Gasteiger partial charge in [0.05, 0.1) is 12.7 Å². The van der Waals surface area contributed by atoms with E-state index in [1.807, 2.05) is 12.1 Å². The van der Waals surface area contributed by atoms with Gasteiger partial charge >= 0.3 is 5.97 Å². The van der Waals surface area contributed by atoms with Crippen LogP contribution in [0, 0.1) is 5.92 Å². The smallest absolute Gasteiger partial charge is 0.338 e. The lowest BCUT2D eigenvalue weighted by atomic mass is 10.1. The molecule has 122 valence electrons.